The van der Waals surface area contributed by atoms with E-state index in [0.29, 0.717) is 44.7 Å². The first kappa shape index (κ1) is 21.9. The Morgan fingerprint density at radius 1 is 1.23 bits per heavy atom. The molecule has 0 saturated carbocycles. The highest BCUT2D eigenvalue weighted by Crippen LogP contribution is 2.22. The van der Waals surface area contributed by atoms with E-state index < -0.39 is 5.54 Å². The summed E-state index contributed by atoms with van der Waals surface area (Å²) in [7, 11) is 0. The molecule has 2 saturated heterocycles. The molecule has 22 heavy (non-hydrogen) atoms. The van der Waals surface area contributed by atoms with Crippen LogP contribution in [-0.4, -0.2) is 54.7 Å². The van der Waals surface area contributed by atoms with Gasteiger partial charge in [0, 0.05) is 38.4 Å². The van der Waals surface area contributed by atoms with Crippen LogP contribution in [0.2, 0.25) is 0 Å². The molecule has 0 aromatic rings. The lowest BCUT2D eigenvalue weighted by atomic mass is 9.90. The van der Waals surface area contributed by atoms with Gasteiger partial charge in [0.25, 0.3) is 0 Å². The Bertz CT molecular complexity index is 329. The molecule has 2 unspecified atom stereocenters. The molecule has 2 heterocycles. The number of likely N-dealkylation sites (tertiary alicyclic amines) is 1. The molecule has 1 amide bonds. The maximum atomic E-state index is 12.2. The molecular weight excluding hydrogens is 325 g/mol. The van der Waals surface area contributed by atoms with Crippen LogP contribution in [0.4, 0.5) is 0 Å². The molecule has 0 aliphatic carbocycles. The fourth-order valence-corrected chi connectivity index (χ4v) is 3.35. The zero-order chi connectivity index (χ0) is 14.6. The van der Waals surface area contributed by atoms with Crippen LogP contribution in [-0.2, 0) is 9.53 Å². The van der Waals surface area contributed by atoms with Gasteiger partial charge in [-0.05, 0) is 39.5 Å². The molecule has 0 spiro atoms. The Hall–Kier alpha value is -0.0700. The second-order valence-corrected chi connectivity index (χ2v) is 6.39. The minimum Gasteiger partial charge on any atom is -0.381 e. The van der Waals surface area contributed by atoms with E-state index in [9.17, 15) is 4.79 Å². The van der Waals surface area contributed by atoms with Gasteiger partial charge < -0.3 is 15.8 Å². The van der Waals surface area contributed by atoms with Gasteiger partial charge in [0.1, 0.15) is 0 Å². The predicted molar refractivity (Wildman–Crippen MR) is 94.0 cm³/mol. The highest BCUT2D eigenvalue weighted by molar-refractivity contribution is 5.86. The number of hydrogen-bond donors (Lipinski definition) is 2. The Morgan fingerprint density at radius 2 is 1.77 bits per heavy atom. The summed E-state index contributed by atoms with van der Waals surface area (Å²) in [5.74, 6) is -0.0156. The largest absolute Gasteiger partial charge is 0.381 e. The van der Waals surface area contributed by atoms with Crippen molar-refractivity contribution in [2.24, 2.45) is 5.73 Å². The van der Waals surface area contributed by atoms with Gasteiger partial charge in [-0.3, -0.25) is 9.69 Å². The second kappa shape index (κ2) is 9.93. The molecule has 2 atom stereocenters. The highest BCUT2D eigenvalue weighted by atomic mass is 35.5. The molecule has 2 aliphatic heterocycles. The van der Waals surface area contributed by atoms with E-state index in [4.69, 9.17) is 10.5 Å². The molecule has 0 aromatic carbocycles. The van der Waals surface area contributed by atoms with E-state index in [1.54, 1.807) is 0 Å². The van der Waals surface area contributed by atoms with Crippen molar-refractivity contribution in [3.05, 3.63) is 0 Å². The van der Waals surface area contributed by atoms with Crippen LogP contribution < -0.4 is 11.1 Å². The van der Waals surface area contributed by atoms with Gasteiger partial charge in [-0.15, -0.1) is 24.8 Å². The van der Waals surface area contributed by atoms with Gasteiger partial charge in [0.2, 0.25) is 5.91 Å². The first-order valence-electron chi connectivity index (χ1n) is 7.93. The fourth-order valence-electron chi connectivity index (χ4n) is 3.35. The maximum absolute atomic E-state index is 12.2. The number of nitrogens with zero attached hydrogens (tertiary/aromatic N) is 1. The monoisotopic (exact) mass is 355 g/mol. The zero-order valence-corrected chi connectivity index (χ0v) is 15.3. The molecule has 0 radical (unpaired) electrons. The number of ether oxygens (including phenoxy) is 1. The number of hydrogen-bond acceptors (Lipinski definition) is 4. The average molecular weight is 356 g/mol. The lowest BCUT2D eigenvalue weighted by Gasteiger charge is -2.39. The number of halogens is 2. The standard InChI is InChI=1S/C15H29N3O2.2ClH/c1-12-4-3-5-13(2)18(12)9-8-17-14(19)15(16)6-10-20-11-7-15;;/h12-13H,3-11,16H2,1-2H3,(H,17,19);2*1H. The van der Waals surface area contributed by atoms with Crippen molar-refractivity contribution in [3.63, 3.8) is 0 Å². The molecule has 0 aromatic heterocycles. The van der Waals surface area contributed by atoms with Crippen molar-refractivity contribution in [2.75, 3.05) is 26.3 Å². The molecule has 132 valence electrons. The van der Waals surface area contributed by atoms with Crippen molar-refractivity contribution in [1.29, 1.82) is 0 Å². The summed E-state index contributed by atoms with van der Waals surface area (Å²) in [6, 6.07) is 1.23. The quantitative estimate of drug-likeness (QED) is 0.805. The van der Waals surface area contributed by atoms with E-state index in [-0.39, 0.29) is 30.7 Å². The van der Waals surface area contributed by atoms with Crippen molar-refractivity contribution >= 4 is 30.7 Å². The van der Waals surface area contributed by atoms with Gasteiger partial charge in [0.15, 0.2) is 0 Å². The molecule has 3 N–H and O–H groups in total. The predicted octanol–water partition coefficient (Wildman–Crippen LogP) is 1.72. The van der Waals surface area contributed by atoms with Crippen molar-refractivity contribution in [2.45, 2.75) is 63.6 Å². The summed E-state index contributed by atoms with van der Waals surface area (Å²) in [6.45, 7) is 7.34. The summed E-state index contributed by atoms with van der Waals surface area (Å²) in [5.41, 5.74) is 5.45. The van der Waals surface area contributed by atoms with Gasteiger partial charge in [-0.2, -0.15) is 0 Å². The van der Waals surface area contributed by atoms with Crippen LogP contribution >= 0.6 is 24.8 Å². The third-order valence-electron chi connectivity index (χ3n) is 4.87. The highest BCUT2D eigenvalue weighted by Gasteiger charge is 2.35. The lowest BCUT2D eigenvalue weighted by molar-refractivity contribution is -0.129. The first-order chi connectivity index (χ1) is 9.53. The van der Waals surface area contributed by atoms with Crippen LogP contribution in [0.3, 0.4) is 0 Å². The summed E-state index contributed by atoms with van der Waals surface area (Å²) >= 11 is 0. The second-order valence-electron chi connectivity index (χ2n) is 6.39. The van der Waals surface area contributed by atoms with Crippen molar-refractivity contribution in [3.8, 4) is 0 Å². The van der Waals surface area contributed by atoms with Crippen LogP contribution in [0.5, 0.6) is 0 Å². The maximum Gasteiger partial charge on any atom is 0.240 e. The number of carbonyl (C=O) groups is 1. The van der Waals surface area contributed by atoms with Crippen molar-refractivity contribution in [1.82, 2.24) is 10.2 Å². The van der Waals surface area contributed by atoms with E-state index in [1.807, 2.05) is 0 Å². The smallest absolute Gasteiger partial charge is 0.240 e. The van der Waals surface area contributed by atoms with Gasteiger partial charge in [-0.1, -0.05) is 6.42 Å². The summed E-state index contributed by atoms with van der Waals surface area (Å²) in [4.78, 5) is 14.7. The fraction of sp³-hybridized carbons (Fsp3) is 0.933. The molecule has 5 nitrogen and oxygen atoms in total. The minimum absolute atomic E-state index is 0. The van der Waals surface area contributed by atoms with Gasteiger partial charge in [-0.25, -0.2) is 0 Å². The van der Waals surface area contributed by atoms with Crippen molar-refractivity contribution < 1.29 is 9.53 Å². The Balaban J connectivity index is 0.00000220. The molecule has 2 rings (SSSR count). The van der Waals surface area contributed by atoms with Crippen LogP contribution in [0, 0.1) is 0 Å². The van der Waals surface area contributed by atoms with Gasteiger partial charge >= 0.3 is 0 Å². The number of nitrogens with two attached hydrogens (primary N) is 1. The number of nitrogens with one attached hydrogen (secondary N) is 1. The SMILES string of the molecule is CC1CCCC(C)N1CCNC(=O)C1(N)CCOCC1.Cl.Cl. The third kappa shape index (κ3) is 5.53. The number of piperidine rings is 1. The molecule has 0 bridgehead atoms. The average Bonchev–Trinajstić information content (AvgIpc) is 2.42. The van der Waals surface area contributed by atoms with E-state index in [1.165, 1.54) is 19.3 Å². The van der Waals surface area contributed by atoms with E-state index in [0.717, 1.165) is 6.54 Å². The number of rotatable bonds is 4. The van der Waals surface area contributed by atoms with E-state index >= 15 is 0 Å². The minimum atomic E-state index is -0.725. The Labute approximate surface area is 146 Å². The molecule has 2 aliphatic rings. The third-order valence-corrected chi connectivity index (χ3v) is 4.87. The first-order valence-corrected chi connectivity index (χ1v) is 7.93. The summed E-state index contributed by atoms with van der Waals surface area (Å²) in [5, 5.41) is 3.02. The zero-order valence-electron chi connectivity index (χ0n) is 13.7. The molecular formula is C15H31Cl2N3O2. The number of carbonyl (C=O) groups excluding carboxylic acids is 1. The normalized spacial score (nSPS) is 28.1. The van der Waals surface area contributed by atoms with E-state index in [2.05, 4.69) is 24.1 Å². The van der Waals surface area contributed by atoms with Gasteiger partial charge in [0.05, 0.1) is 5.54 Å². The molecule has 2 fully saturated rings. The van der Waals surface area contributed by atoms with Crippen LogP contribution in [0.15, 0.2) is 0 Å². The number of amides is 1. The Morgan fingerprint density at radius 3 is 2.32 bits per heavy atom. The summed E-state index contributed by atoms with van der Waals surface area (Å²) < 4.78 is 5.27. The lowest BCUT2D eigenvalue weighted by Crippen LogP contribution is -2.58. The Kier molecular flexibility index (Phi) is 9.90. The van der Waals surface area contributed by atoms with Crippen LogP contribution in [0.1, 0.15) is 46.0 Å². The van der Waals surface area contributed by atoms with Crippen LogP contribution in [0.25, 0.3) is 0 Å². The topological polar surface area (TPSA) is 67.6 Å². The summed E-state index contributed by atoms with van der Waals surface area (Å²) in [6.07, 6.45) is 5.08. The molecule has 7 heteroatoms.